The van der Waals surface area contributed by atoms with Gasteiger partial charge in [0.25, 0.3) is 0 Å². The van der Waals surface area contributed by atoms with Gasteiger partial charge in [0.1, 0.15) is 0 Å². The highest BCUT2D eigenvalue weighted by molar-refractivity contribution is 5.88. The molecule has 2 aliphatic heterocycles. The van der Waals surface area contributed by atoms with E-state index in [0.717, 1.165) is 31.7 Å². The van der Waals surface area contributed by atoms with E-state index < -0.39 is 0 Å². The number of anilines is 1. The van der Waals surface area contributed by atoms with Crippen LogP contribution < -0.4 is 5.32 Å². The number of carbonyl (C=O) groups is 1. The van der Waals surface area contributed by atoms with E-state index in [1.54, 1.807) is 4.68 Å². The van der Waals surface area contributed by atoms with Gasteiger partial charge in [0, 0.05) is 38.4 Å². The molecule has 2 fully saturated rings. The molecule has 2 aliphatic rings. The number of aromatic nitrogens is 2. The molecule has 2 saturated heterocycles. The third kappa shape index (κ3) is 3.61. The zero-order chi connectivity index (χ0) is 15.5. The van der Waals surface area contributed by atoms with Crippen LogP contribution in [0.5, 0.6) is 0 Å². The smallest absolute Gasteiger partial charge is 0.323 e. The van der Waals surface area contributed by atoms with Crippen LogP contribution in [0.3, 0.4) is 0 Å². The maximum absolute atomic E-state index is 12.3. The highest BCUT2D eigenvalue weighted by atomic mass is 16.2. The Kier molecular flexibility index (Phi) is 4.66. The third-order valence-electron chi connectivity index (χ3n) is 4.89. The lowest BCUT2D eigenvalue weighted by atomic mass is 10.1. The average Bonchev–Trinajstić information content (AvgIpc) is 3.08. The van der Waals surface area contributed by atoms with Gasteiger partial charge in [-0.3, -0.25) is 10.00 Å². The van der Waals surface area contributed by atoms with Crippen LogP contribution in [0, 0.1) is 12.8 Å². The summed E-state index contributed by atoms with van der Waals surface area (Å²) in [4.78, 5) is 16.8. The first-order valence-electron chi connectivity index (χ1n) is 8.41. The summed E-state index contributed by atoms with van der Waals surface area (Å²) in [7, 11) is 1.88. The number of carbonyl (C=O) groups excluding carboxylic acids is 1. The van der Waals surface area contributed by atoms with E-state index in [4.69, 9.17) is 0 Å². The van der Waals surface area contributed by atoms with E-state index in [9.17, 15) is 4.79 Å². The van der Waals surface area contributed by atoms with Crippen molar-refractivity contribution in [2.24, 2.45) is 13.0 Å². The molecular weight excluding hydrogens is 278 g/mol. The summed E-state index contributed by atoms with van der Waals surface area (Å²) in [5.74, 6) is 1.26. The molecule has 0 aliphatic carbocycles. The molecule has 1 aromatic rings. The molecule has 3 heterocycles. The quantitative estimate of drug-likeness (QED) is 0.930. The Balaban J connectivity index is 1.48. The predicted octanol–water partition coefficient (Wildman–Crippen LogP) is 2.07. The molecule has 1 N–H and O–H groups in total. The second kappa shape index (κ2) is 6.69. The Hall–Kier alpha value is -1.56. The first kappa shape index (κ1) is 15.3. The Bertz CT molecular complexity index is 501. The number of nitrogens with one attached hydrogen (secondary N) is 1. The van der Waals surface area contributed by atoms with Gasteiger partial charge in [0.15, 0.2) is 5.82 Å². The fourth-order valence-electron chi connectivity index (χ4n) is 3.48. The van der Waals surface area contributed by atoms with Gasteiger partial charge >= 0.3 is 6.03 Å². The Morgan fingerprint density at radius 1 is 1.32 bits per heavy atom. The van der Waals surface area contributed by atoms with E-state index >= 15 is 0 Å². The van der Waals surface area contributed by atoms with Crippen molar-refractivity contribution < 1.29 is 4.79 Å². The number of nitrogens with zero attached hydrogens (tertiary/aromatic N) is 4. The van der Waals surface area contributed by atoms with Crippen molar-refractivity contribution in [2.75, 3.05) is 38.0 Å². The second-order valence-electron chi connectivity index (χ2n) is 6.69. The molecule has 22 heavy (non-hydrogen) atoms. The van der Waals surface area contributed by atoms with Crippen molar-refractivity contribution in [3.8, 4) is 0 Å². The standard InChI is InChI=1S/C16H27N5O/c1-13-10-15(18-19(13)2)17-16(22)21-9-6-14(12-21)11-20-7-4-3-5-8-20/h10,14H,3-9,11-12H2,1-2H3,(H,17,18,22). The third-order valence-corrected chi connectivity index (χ3v) is 4.89. The first-order chi connectivity index (χ1) is 10.6. The van der Waals surface area contributed by atoms with Crippen molar-refractivity contribution in [1.29, 1.82) is 0 Å². The Labute approximate surface area is 132 Å². The van der Waals surface area contributed by atoms with Gasteiger partial charge in [-0.25, -0.2) is 4.79 Å². The van der Waals surface area contributed by atoms with Crippen molar-refractivity contribution in [3.05, 3.63) is 11.8 Å². The summed E-state index contributed by atoms with van der Waals surface area (Å²) >= 11 is 0. The first-order valence-corrected chi connectivity index (χ1v) is 8.41. The van der Waals surface area contributed by atoms with E-state index in [0.29, 0.717) is 11.7 Å². The zero-order valence-corrected chi connectivity index (χ0v) is 13.7. The Morgan fingerprint density at radius 3 is 2.77 bits per heavy atom. The van der Waals surface area contributed by atoms with Gasteiger partial charge in [-0.1, -0.05) is 6.42 Å². The molecule has 6 heteroatoms. The maximum atomic E-state index is 12.3. The number of piperidine rings is 1. The molecule has 3 rings (SSSR count). The summed E-state index contributed by atoms with van der Waals surface area (Å²) in [5.41, 5.74) is 1.04. The molecule has 122 valence electrons. The number of likely N-dealkylation sites (tertiary alicyclic amines) is 2. The SMILES string of the molecule is Cc1cc(NC(=O)N2CCC(CN3CCCCC3)C2)nn1C. The molecule has 1 unspecified atom stereocenters. The lowest BCUT2D eigenvalue weighted by Gasteiger charge is -2.28. The minimum absolute atomic E-state index is 0.0146. The maximum Gasteiger partial charge on any atom is 0.323 e. The van der Waals surface area contributed by atoms with Gasteiger partial charge in [-0.15, -0.1) is 0 Å². The highest BCUT2D eigenvalue weighted by Crippen LogP contribution is 2.20. The highest BCUT2D eigenvalue weighted by Gasteiger charge is 2.28. The van der Waals surface area contributed by atoms with Gasteiger partial charge in [0.05, 0.1) is 0 Å². The number of aryl methyl sites for hydroxylation is 2. The van der Waals surface area contributed by atoms with Crippen LogP contribution in [-0.4, -0.2) is 58.3 Å². The topological polar surface area (TPSA) is 53.4 Å². The monoisotopic (exact) mass is 305 g/mol. The molecule has 2 amide bonds. The van der Waals surface area contributed by atoms with Crippen LogP contribution >= 0.6 is 0 Å². The lowest BCUT2D eigenvalue weighted by molar-refractivity contribution is 0.192. The van der Waals surface area contributed by atoms with Crippen molar-refractivity contribution in [3.63, 3.8) is 0 Å². The van der Waals surface area contributed by atoms with Crippen LogP contribution in [0.4, 0.5) is 10.6 Å². The van der Waals surface area contributed by atoms with Crippen LogP contribution in [0.15, 0.2) is 6.07 Å². The zero-order valence-electron chi connectivity index (χ0n) is 13.7. The van der Waals surface area contributed by atoms with Crippen LogP contribution in [0.25, 0.3) is 0 Å². The molecule has 1 atom stereocenters. The van der Waals surface area contributed by atoms with Gasteiger partial charge in [-0.05, 0) is 45.2 Å². The van der Waals surface area contributed by atoms with Gasteiger partial charge < -0.3 is 9.80 Å². The van der Waals surface area contributed by atoms with Crippen LogP contribution in [0.1, 0.15) is 31.4 Å². The molecule has 1 aromatic heterocycles. The van der Waals surface area contributed by atoms with E-state index in [1.807, 2.05) is 24.9 Å². The normalized spacial score (nSPS) is 23.0. The van der Waals surface area contributed by atoms with E-state index in [1.165, 1.54) is 32.4 Å². The summed E-state index contributed by atoms with van der Waals surface area (Å²) in [6.45, 7) is 7.32. The molecule has 0 saturated carbocycles. The van der Waals surface area contributed by atoms with E-state index in [2.05, 4.69) is 15.3 Å². The largest absolute Gasteiger partial charge is 0.324 e. The second-order valence-corrected chi connectivity index (χ2v) is 6.69. The number of urea groups is 1. The molecular formula is C16H27N5O. The summed E-state index contributed by atoms with van der Waals surface area (Å²) < 4.78 is 1.78. The lowest BCUT2D eigenvalue weighted by Crippen LogP contribution is -2.37. The van der Waals surface area contributed by atoms with Crippen molar-refractivity contribution in [1.82, 2.24) is 19.6 Å². The Morgan fingerprint density at radius 2 is 2.09 bits per heavy atom. The fourth-order valence-corrected chi connectivity index (χ4v) is 3.48. The molecule has 6 nitrogen and oxygen atoms in total. The van der Waals surface area contributed by atoms with Crippen molar-refractivity contribution in [2.45, 2.75) is 32.6 Å². The predicted molar refractivity (Wildman–Crippen MR) is 86.9 cm³/mol. The van der Waals surface area contributed by atoms with Crippen LogP contribution in [-0.2, 0) is 7.05 Å². The summed E-state index contributed by atoms with van der Waals surface area (Å²) in [5, 5.41) is 7.20. The number of hydrogen-bond donors (Lipinski definition) is 1. The minimum atomic E-state index is -0.0146. The number of amides is 2. The van der Waals surface area contributed by atoms with Crippen molar-refractivity contribution >= 4 is 11.8 Å². The van der Waals surface area contributed by atoms with E-state index in [-0.39, 0.29) is 6.03 Å². The number of rotatable bonds is 3. The van der Waals surface area contributed by atoms with Crippen LogP contribution in [0.2, 0.25) is 0 Å². The molecule has 0 spiro atoms. The fraction of sp³-hybridized carbons (Fsp3) is 0.750. The molecule has 0 aromatic carbocycles. The summed E-state index contributed by atoms with van der Waals surface area (Å²) in [6, 6.07) is 1.89. The number of hydrogen-bond acceptors (Lipinski definition) is 3. The molecule has 0 radical (unpaired) electrons. The van der Waals surface area contributed by atoms with Gasteiger partial charge in [-0.2, -0.15) is 5.10 Å². The average molecular weight is 305 g/mol. The minimum Gasteiger partial charge on any atom is -0.324 e. The molecule has 0 bridgehead atoms. The summed E-state index contributed by atoms with van der Waals surface area (Å²) in [6.07, 6.45) is 5.15. The van der Waals surface area contributed by atoms with Gasteiger partial charge in [0.2, 0.25) is 0 Å².